The van der Waals surface area contributed by atoms with Gasteiger partial charge in [0.1, 0.15) is 11.5 Å². The molecule has 1 N–H and O–H groups in total. The van der Waals surface area contributed by atoms with Crippen LogP contribution in [0, 0.1) is 17.0 Å². The van der Waals surface area contributed by atoms with Crippen molar-refractivity contribution in [2.45, 2.75) is 13.0 Å². The maximum absolute atomic E-state index is 13.3. The quantitative estimate of drug-likeness (QED) is 0.132. The van der Waals surface area contributed by atoms with E-state index in [1.165, 1.54) is 40.5 Å². The van der Waals surface area contributed by atoms with Crippen molar-refractivity contribution in [2.24, 2.45) is 0 Å². The molecule has 1 amide bonds. The second-order valence-corrected chi connectivity index (χ2v) is 9.22. The number of anilines is 1. The lowest BCUT2D eigenvalue weighted by molar-refractivity contribution is -0.384. The normalized spacial score (nSPS) is 17.1. The molecule has 1 aliphatic heterocycles. The first-order chi connectivity index (χ1) is 17.3. The highest BCUT2D eigenvalue weighted by molar-refractivity contribution is 7.22. The zero-order chi connectivity index (χ0) is 25.6. The van der Waals surface area contributed by atoms with Crippen molar-refractivity contribution in [3.05, 3.63) is 99.1 Å². The molecule has 1 atom stereocenters. The van der Waals surface area contributed by atoms with E-state index >= 15 is 0 Å². The van der Waals surface area contributed by atoms with Crippen molar-refractivity contribution in [2.75, 3.05) is 12.0 Å². The van der Waals surface area contributed by atoms with Crippen LogP contribution in [0.15, 0.2) is 72.3 Å². The lowest BCUT2D eigenvalue weighted by atomic mass is 9.95. The van der Waals surface area contributed by atoms with Gasteiger partial charge in [-0.05, 0) is 42.8 Å². The van der Waals surface area contributed by atoms with Crippen LogP contribution in [0.5, 0.6) is 5.75 Å². The molecule has 0 aliphatic carbocycles. The molecule has 1 aromatic heterocycles. The van der Waals surface area contributed by atoms with Gasteiger partial charge in [-0.1, -0.05) is 41.2 Å². The highest BCUT2D eigenvalue weighted by atomic mass is 32.1. The largest absolute Gasteiger partial charge is 0.507 e. The molecule has 0 radical (unpaired) electrons. The van der Waals surface area contributed by atoms with Gasteiger partial charge >= 0.3 is 5.91 Å². The monoisotopic (exact) mass is 501 g/mol. The standard InChI is InChI=1S/C26H19N3O6S/c1-14-3-5-16(6-4-14)23(30)21-22(15-7-9-17(10-8-15)29(33)34)28(25(32)24(21)31)26-27-19-12-11-18(35-2)13-20(19)36-26/h3-13,22,30H,1-2H3/b23-21+. The van der Waals surface area contributed by atoms with Crippen molar-refractivity contribution in [3.63, 3.8) is 0 Å². The molecular formula is C26H19N3O6S. The number of amides is 1. The molecule has 1 fully saturated rings. The first-order valence-electron chi connectivity index (χ1n) is 10.9. The molecule has 1 saturated heterocycles. The van der Waals surface area contributed by atoms with Gasteiger partial charge in [0.25, 0.3) is 11.5 Å². The van der Waals surface area contributed by atoms with E-state index in [-0.39, 0.29) is 22.2 Å². The molecule has 0 spiro atoms. The summed E-state index contributed by atoms with van der Waals surface area (Å²) in [4.78, 5) is 43.1. The smallest absolute Gasteiger partial charge is 0.301 e. The summed E-state index contributed by atoms with van der Waals surface area (Å²) in [5, 5.41) is 22.6. The van der Waals surface area contributed by atoms with E-state index in [2.05, 4.69) is 4.98 Å². The Labute approximate surface area is 209 Å². The zero-order valence-corrected chi connectivity index (χ0v) is 20.0. The van der Waals surface area contributed by atoms with E-state index in [0.717, 1.165) is 10.3 Å². The molecule has 5 rings (SSSR count). The molecular weight excluding hydrogens is 482 g/mol. The first-order valence-corrected chi connectivity index (χ1v) is 11.7. The molecule has 0 saturated carbocycles. The van der Waals surface area contributed by atoms with E-state index in [1.54, 1.807) is 49.6 Å². The van der Waals surface area contributed by atoms with Gasteiger partial charge in [-0.2, -0.15) is 0 Å². The van der Waals surface area contributed by atoms with Crippen LogP contribution in [0.4, 0.5) is 10.8 Å². The van der Waals surface area contributed by atoms with E-state index in [4.69, 9.17) is 4.74 Å². The van der Waals surface area contributed by atoms with E-state index in [1.807, 2.05) is 6.92 Å². The number of ether oxygens (including phenoxy) is 1. The molecule has 0 bridgehead atoms. The number of hydrogen-bond acceptors (Lipinski definition) is 8. The fraction of sp³-hybridized carbons (Fsp3) is 0.115. The second kappa shape index (κ2) is 8.90. The number of hydrogen-bond donors (Lipinski definition) is 1. The van der Waals surface area contributed by atoms with Crippen molar-refractivity contribution in [3.8, 4) is 5.75 Å². The number of aryl methyl sites for hydroxylation is 1. The Morgan fingerprint density at radius 3 is 2.42 bits per heavy atom. The summed E-state index contributed by atoms with van der Waals surface area (Å²) in [5.41, 5.74) is 2.11. The Hall–Kier alpha value is -4.57. The Balaban J connectivity index is 1.71. The van der Waals surface area contributed by atoms with Crippen molar-refractivity contribution >= 4 is 49.8 Å². The topological polar surface area (TPSA) is 123 Å². The number of ketones is 1. The third-order valence-electron chi connectivity index (χ3n) is 5.98. The lowest BCUT2D eigenvalue weighted by Gasteiger charge is -2.22. The molecule has 3 aromatic carbocycles. The number of benzene rings is 3. The predicted octanol–water partition coefficient (Wildman–Crippen LogP) is 5.15. The average Bonchev–Trinajstić information content (AvgIpc) is 3.41. The van der Waals surface area contributed by atoms with Crippen LogP contribution in [-0.4, -0.2) is 33.8 Å². The zero-order valence-electron chi connectivity index (χ0n) is 19.2. The number of carbonyl (C=O) groups excluding carboxylic acids is 2. The lowest BCUT2D eigenvalue weighted by Crippen LogP contribution is -2.29. The number of thiazole rings is 1. The number of fused-ring (bicyclic) bond motifs is 1. The third kappa shape index (κ3) is 3.87. The number of nitrogens with zero attached hydrogens (tertiary/aromatic N) is 3. The van der Waals surface area contributed by atoms with Crippen molar-refractivity contribution < 1.29 is 24.4 Å². The highest BCUT2D eigenvalue weighted by Gasteiger charge is 2.48. The number of nitro benzene ring substituents is 1. The summed E-state index contributed by atoms with van der Waals surface area (Å²) in [5.74, 6) is -1.43. The van der Waals surface area contributed by atoms with Crippen LogP contribution >= 0.6 is 11.3 Å². The number of methoxy groups -OCH3 is 1. The molecule has 2 heterocycles. The Morgan fingerprint density at radius 1 is 1.08 bits per heavy atom. The SMILES string of the molecule is COc1ccc2nc(N3C(=O)C(=O)/C(=C(/O)c4ccc(C)cc4)C3c3ccc([N+](=O)[O-])cc3)sc2c1. The number of aliphatic hydroxyl groups is 1. The van der Waals surface area contributed by atoms with Crippen LogP contribution in [-0.2, 0) is 9.59 Å². The van der Waals surface area contributed by atoms with Gasteiger partial charge in [0.05, 0.1) is 33.9 Å². The van der Waals surface area contributed by atoms with Gasteiger partial charge in [0.2, 0.25) is 0 Å². The fourth-order valence-electron chi connectivity index (χ4n) is 4.11. The van der Waals surface area contributed by atoms with E-state index in [0.29, 0.717) is 22.4 Å². The highest BCUT2D eigenvalue weighted by Crippen LogP contribution is 2.44. The Morgan fingerprint density at radius 2 is 1.78 bits per heavy atom. The van der Waals surface area contributed by atoms with Gasteiger partial charge in [-0.15, -0.1) is 0 Å². The van der Waals surface area contributed by atoms with Gasteiger partial charge in [0.15, 0.2) is 5.13 Å². The molecule has 180 valence electrons. The summed E-state index contributed by atoms with van der Waals surface area (Å²) >= 11 is 1.20. The number of nitro groups is 1. The summed E-state index contributed by atoms with van der Waals surface area (Å²) in [7, 11) is 1.54. The summed E-state index contributed by atoms with van der Waals surface area (Å²) in [6.45, 7) is 1.89. The van der Waals surface area contributed by atoms with Gasteiger partial charge < -0.3 is 9.84 Å². The Kier molecular flexibility index (Phi) is 5.73. The summed E-state index contributed by atoms with van der Waals surface area (Å²) < 4.78 is 6.01. The maximum atomic E-state index is 13.3. The van der Waals surface area contributed by atoms with Gasteiger partial charge in [-0.3, -0.25) is 24.6 Å². The minimum Gasteiger partial charge on any atom is -0.507 e. The molecule has 1 unspecified atom stereocenters. The van der Waals surface area contributed by atoms with Crippen LogP contribution in [0.2, 0.25) is 0 Å². The Bertz CT molecular complexity index is 1560. The average molecular weight is 502 g/mol. The van der Waals surface area contributed by atoms with E-state index < -0.39 is 22.7 Å². The van der Waals surface area contributed by atoms with Gasteiger partial charge in [-0.25, -0.2) is 4.98 Å². The number of rotatable bonds is 5. The van der Waals surface area contributed by atoms with Crippen molar-refractivity contribution in [1.29, 1.82) is 0 Å². The van der Waals surface area contributed by atoms with Crippen LogP contribution in [0.3, 0.4) is 0 Å². The number of Topliss-reactive ketones (excluding diaryl/α,β-unsaturated/α-hetero) is 1. The molecule has 4 aromatic rings. The fourth-order valence-corrected chi connectivity index (χ4v) is 5.13. The summed E-state index contributed by atoms with van der Waals surface area (Å²) in [6, 6.07) is 16.7. The predicted molar refractivity (Wildman–Crippen MR) is 135 cm³/mol. The number of non-ortho nitro benzene ring substituents is 1. The first kappa shape index (κ1) is 23.2. The second-order valence-electron chi connectivity index (χ2n) is 8.21. The third-order valence-corrected chi connectivity index (χ3v) is 7.00. The minimum absolute atomic E-state index is 0.116. The number of aromatic nitrogens is 1. The number of carbonyl (C=O) groups is 2. The molecule has 1 aliphatic rings. The number of aliphatic hydroxyl groups excluding tert-OH is 1. The minimum atomic E-state index is -1.03. The molecule has 9 nitrogen and oxygen atoms in total. The van der Waals surface area contributed by atoms with Gasteiger partial charge in [0, 0.05) is 17.7 Å². The van der Waals surface area contributed by atoms with Crippen LogP contribution in [0.25, 0.3) is 16.0 Å². The van der Waals surface area contributed by atoms with Crippen LogP contribution < -0.4 is 9.64 Å². The molecule has 36 heavy (non-hydrogen) atoms. The molecule has 10 heteroatoms. The maximum Gasteiger partial charge on any atom is 0.301 e. The van der Waals surface area contributed by atoms with Crippen LogP contribution in [0.1, 0.15) is 22.7 Å². The summed E-state index contributed by atoms with van der Waals surface area (Å²) in [6.07, 6.45) is 0. The van der Waals surface area contributed by atoms with Crippen molar-refractivity contribution in [1.82, 2.24) is 4.98 Å². The van der Waals surface area contributed by atoms with E-state index in [9.17, 15) is 24.8 Å².